The smallest absolute Gasteiger partial charge is 0.222 e. The molecule has 10 heteroatoms. The fraction of sp³-hybridized carbons (Fsp3) is 0.703. The highest BCUT2D eigenvalue weighted by molar-refractivity contribution is 5.76. The molecule has 1 heterocycles. The standard InChI is InChI=1S/C25H40N4O.C8H16N2O2.C2H7N.C2H6/c1-5-6-7-8-22(3)25(19-27-28-20-26-4)15-17-29(18-16-25)24(30)14-13-23-11-9-21(2)10-12-23;1-10(2)6-4-8(12)9-5-3-7-11;1-3-2;1-2/h9-12,20,22,27H,4-8,13-19H2,1-3H3;7H,3-6H2,1-2H3,(H,9,12);3H,1-2H3;1-2H3/b28-20-;;;. The van der Waals surface area contributed by atoms with E-state index in [4.69, 9.17) is 0 Å². The molecule has 1 atom stereocenters. The van der Waals surface area contributed by atoms with Crippen LogP contribution in [0.15, 0.2) is 34.4 Å². The number of hydrazone groups is 1. The van der Waals surface area contributed by atoms with Crippen LogP contribution >= 0.6 is 0 Å². The second kappa shape index (κ2) is 30.2. The first kappa shape index (κ1) is 46.0. The first-order valence-electron chi connectivity index (χ1n) is 17.6. The normalized spacial score (nSPS) is 14.0. The van der Waals surface area contributed by atoms with Crippen LogP contribution in [0.3, 0.4) is 0 Å². The third-order valence-electron chi connectivity index (χ3n) is 8.18. The number of carbonyl (C=O) groups is 3. The molecule has 0 aliphatic carbocycles. The zero-order chi connectivity index (χ0) is 35.9. The van der Waals surface area contributed by atoms with Gasteiger partial charge in [-0.2, -0.15) is 5.10 Å². The van der Waals surface area contributed by atoms with Crippen molar-refractivity contribution in [2.75, 3.05) is 60.9 Å². The first-order valence-corrected chi connectivity index (χ1v) is 17.6. The highest BCUT2D eigenvalue weighted by Gasteiger charge is 2.39. The molecule has 2 amide bonds. The summed E-state index contributed by atoms with van der Waals surface area (Å²) in [4.78, 5) is 41.3. The topological polar surface area (TPSA) is 118 Å². The first-order chi connectivity index (χ1) is 22.6. The highest BCUT2D eigenvalue weighted by Crippen LogP contribution is 2.41. The maximum atomic E-state index is 12.8. The van der Waals surface area contributed by atoms with Crippen LogP contribution in [0.2, 0.25) is 0 Å². The van der Waals surface area contributed by atoms with Crippen LogP contribution in [-0.2, 0) is 20.8 Å². The van der Waals surface area contributed by atoms with Crippen molar-refractivity contribution in [2.24, 2.45) is 21.4 Å². The minimum Gasteiger partial charge on any atom is -0.356 e. The van der Waals surface area contributed by atoms with Gasteiger partial charge in [0.2, 0.25) is 11.8 Å². The van der Waals surface area contributed by atoms with E-state index in [2.05, 4.69) is 82.8 Å². The lowest BCUT2D eigenvalue weighted by Gasteiger charge is -2.45. The number of carbonyl (C=O) groups excluding carboxylic acids is 3. The highest BCUT2D eigenvalue weighted by atomic mass is 16.2. The van der Waals surface area contributed by atoms with Gasteiger partial charge in [0.05, 0.1) is 0 Å². The number of unbranched alkanes of at least 4 members (excludes halogenated alkanes) is 2. The Hall–Kier alpha value is -3.11. The average Bonchev–Trinajstić information content (AvgIpc) is 3.07. The number of benzene rings is 1. The summed E-state index contributed by atoms with van der Waals surface area (Å²) in [6, 6.07) is 8.50. The molecule has 2 rings (SSSR count). The molecule has 0 bridgehead atoms. The number of hydrogen-bond donors (Lipinski definition) is 3. The molecule has 1 saturated heterocycles. The van der Waals surface area contributed by atoms with Crippen molar-refractivity contribution in [3.8, 4) is 0 Å². The van der Waals surface area contributed by atoms with Gasteiger partial charge in [-0.25, -0.2) is 0 Å². The van der Waals surface area contributed by atoms with Gasteiger partial charge in [0.1, 0.15) is 12.6 Å². The van der Waals surface area contributed by atoms with E-state index in [1.165, 1.54) is 43.1 Å². The summed E-state index contributed by atoms with van der Waals surface area (Å²) < 4.78 is 0. The summed E-state index contributed by atoms with van der Waals surface area (Å²) >= 11 is 0. The van der Waals surface area contributed by atoms with Crippen LogP contribution < -0.4 is 16.1 Å². The number of nitrogens with one attached hydrogen (secondary N) is 3. The van der Waals surface area contributed by atoms with Crippen molar-refractivity contribution in [1.29, 1.82) is 0 Å². The summed E-state index contributed by atoms with van der Waals surface area (Å²) in [5.74, 6) is 0.892. The number of amides is 2. The Labute approximate surface area is 287 Å². The van der Waals surface area contributed by atoms with E-state index in [1.54, 1.807) is 0 Å². The van der Waals surface area contributed by atoms with Gasteiger partial charge in [0.25, 0.3) is 0 Å². The number of piperidine rings is 1. The predicted octanol–water partition coefficient (Wildman–Crippen LogP) is 5.49. The summed E-state index contributed by atoms with van der Waals surface area (Å²) in [6.45, 7) is 17.9. The average molecular weight is 660 g/mol. The molecule has 10 nitrogen and oxygen atoms in total. The van der Waals surface area contributed by atoms with Gasteiger partial charge >= 0.3 is 0 Å². The quantitative estimate of drug-likeness (QED) is 0.0631. The Morgan fingerprint density at radius 1 is 1.09 bits per heavy atom. The maximum Gasteiger partial charge on any atom is 0.222 e. The molecule has 0 spiro atoms. The third kappa shape index (κ3) is 23.0. The summed E-state index contributed by atoms with van der Waals surface area (Å²) in [7, 11) is 7.58. The van der Waals surface area contributed by atoms with Crippen LogP contribution in [0, 0.1) is 18.3 Å². The van der Waals surface area contributed by atoms with Crippen molar-refractivity contribution < 1.29 is 14.4 Å². The molecule has 270 valence electrons. The van der Waals surface area contributed by atoms with Gasteiger partial charge in [0, 0.05) is 52.0 Å². The van der Waals surface area contributed by atoms with Gasteiger partial charge in [-0.3, -0.25) is 14.6 Å². The Balaban J connectivity index is 0. The van der Waals surface area contributed by atoms with E-state index in [-0.39, 0.29) is 17.2 Å². The molecule has 1 unspecified atom stereocenters. The van der Waals surface area contributed by atoms with Crippen molar-refractivity contribution in [2.45, 2.75) is 98.8 Å². The molecule has 1 aromatic rings. The van der Waals surface area contributed by atoms with E-state index >= 15 is 0 Å². The van der Waals surface area contributed by atoms with E-state index in [1.807, 2.05) is 46.9 Å². The minimum absolute atomic E-state index is 0.00514. The SMILES string of the molecule is C=N/C=N\NCC1(C(C)CCCCC)CCN(C(=O)CCc2ccc(C)cc2)CC1.CC.CN(C)CCC(=O)NCCC=O.CNC. The zero-order valence-corrected chi connectivity index (χ0v) is 31.4. The number of likely N-dealkylation sites (tertiary alicyclic amines) is 1. The van der Waals surface area contributed by atoms with Crippen molar-refractivity contribution in [3.05, 3.63) is 35.4 Å². The van der Waals surface area contributed by atoms with Crippen LogP contribution in [0.1, 0.15) is 96.6 Å². The number of nitrogens with zero attached hydrogens (tertiary/aromatic N) is 4. The lowest BCUT2D eigenvalue weighted by Crippen LogP contribution is -2.49. The Kier molecular flexibility index (Phi) is 29.6. The predicted molar refractivity (Wildman–Crippen MR) is 200 cm³/mol. The van der Waals surface area contributed by atoms with Crippen molar-refractivity contribution >= 4 is 31.2 Å². The van der Waals surface area contributed by atoms with Crippen LogP contribution in [-0.4, -0.2) is 102 Å². The summed E-state index contributed by atoms with van der Waals surface area (Å²) in [5.41, 5.74) is 5.87. The summed E-state index contributed by atoms with van der Waals surface area (Å²) in [5, 5.41) is 9.54. The molecule has 0 radical (unpaired) electrons. The Morgan fingerprint density at radius 3 is 2.23 bits per heavy atom. The van der Waals surface area contributed by atoms with Gasteiger partial charge < -0.3 is 30.7 Å². The lowest BCUT2D eigenvalue weighted by molar-refractivity contribution is -0.134. The molecule has 47 heavy (non-hydrogen) atoms. The molecule has 1 aliphatic rings. The van der Waals surface area contributed by atoms with E-state index < -0.39 is 0 Å². The maximum absolute atomic E-state index is 12.8. The summed E-state index contributed by atoms with van der Waals surface area (Å²) in [6.07, 6.45) is 11.7. The second-order valence-corrected chi connectivity index (χ2v) is 12.2. The second-order valence-electron chi connectivity index (χ2n) is 12.2. The molecule has 1 fully saturated rings. The Bertz CT molecular complexity index is 959. The fourth-order valence-corrected chi connectivity index (χ4v) is 5.18. The van der Waals surface area contributed by atoms with Gasteiger partial charge in [0.15, 0.2) is 0 Å². The van der Waals surface area contributed by atoms with Gasteiger partial charge in [-0.15, -0.1) is 0 Å². The lowest BCUT2D eigenvalue weighted by atomic mass is 9.67. The molecule has 1 aromatic carbocycles. The number of aldehydes is 1. The van der Waals surface area contributed by atoms with Crippen LogP contribution in [0.4, 0.5) is 0 Å². The number of aryl methyl sites for hydroxylation is 2. The monoisotopic (exact) mass is 660 g/mol. The third-order valence-corrected chi connectivity index (χ3v) is 8.18. The number of hydrogen-bond acceptors (Lipinski definition) is 7. The molecule has 0 aromatic heterocycles. The van der Waals surface area contributed by atoms with Gasteiger partial charge in [-0.1, -0.05) is 83.2 Å². The largest absolute Gasteiger partial charge is 0.356 e. The van der Waals surface area contributed by atoms with E-state index in [0.717, 1.165) is 51.7 Å². The zero-order valence-electron chi connectivity index (χ0n) is 31.4. The van der Waals surface area contributed by atoms with E-state index in [0.29, 0.717) is 31.7 Å². The van der Waals surface area contributed by atoms with Crippen molar-refractivity contribution in [3.63, 3.8) is 0 Å². The van der Waals surface area contributed by atoms with Gasteiger partial charge in [-0.05, 0) is 78.0 Å². The van der Waals surface area contributed by atoms with Crippen molar-refractivity contribution in [1.82, 2.24) is 25.9 Å². The molecular weight excluding hydrogens is 590 g/mol. The number of aliphatic imine (C=N–C) groups is 1. The minimum atomic E-state index is 0.00514. The molecule has 0 saturated carbocycles. The Morgan fingerprint density at radius 2 is 1.70 bits per heavy atom. The molecular formula is C37H69N7O3. The van der Waals surface area contributed by atoms with E-state index in [9.17, 15) is 14.4 Å². The fourth-order valence-electron chi connectivity index (χ4n) is 5.18. The molecule has 1 aliphatic heterocycles. The van der Waals surface area contributed by atoms with Crippen LogP contribution in [0.5, 0.6) is 0 Å². The molecule has 3 N–H and O–H groups in total. The number of rotatable bonds is 18. The van der Waals surface area contributed by atoms with Crippen LogP contribution in [0.25, 0.3) is 0 Å².